The molecule has 6 nitrogen and oxygen atoms in total. The predicted octanol–water partition coefficient (Wildman–Crippen LogP) is 7.20. The van der Waals surface area contributed by atoms with Crippen LogP contribution in [0.2, 0.25) is 10.0 Å². The Morgan fingerprint density at radius 3 is 2.40 bits per heavy atom. The standard InChI is InChI=1S/C31H24Cl2I2N2O4S/c1-4-40-30(39)26-17(3)36-31-37(27(26)19-7-5-16(2)6-8-19)29(38)25(42-31)13-18-11-23(34)28(24(35)12-18)41-15-20-9-10-21(32)14-22(20)33/h5-14,27H,4,15H2,1-3H3/b25-13+/t27-/m1/s1. The highest BCUT2D eigenvalue weighted by Crippen LogP contribution is 2.32. The van der Waals surface area contributed by atoms with Crippen molar-refractivity contribution in [2.45, 2.75) is 33.4 Å². The lowest BCUT2D eigenvalue weighted by Gasteiger charge is -2.24. The summed E-state index contributed by atoms with van der Waals surface area (Å²) in [5.74, 6) is 0.257. The Morgan fingerprint density at radius 2 is 1.76 bits per heavy atom. The Bertz CT molecular complexity index is 1890. The molecule has 0 unspecified atom stereocenters. The van der Waals surface area contributed by atoms with Crippen LogP contribution >= 0.6 is 79.7 Å². The van der Waals surface area contributed by atoms with Crippen molar-refractivity contribution < 1.29 is 14.3 Å². The fraction of sp³-hybridized carbons (Fsp3) is 0.194. The van der Waals surface area contributed by atoms with Gasteiger partial charge in [-0.2, -0.15) is 0 Å². The van der Waals surface area contributed by atoms with E-state index >= 15 is 0 Å². The van der Waals surface area contributed by atoms with Gasteiger partial charge in [0.2, 0.25) is 0 Å². The van der Waals surface area contributed by atoms with E-state index in [-0.39, 0.29) is 12.2 Å². The minimum Gasteiger partial charge on any atom is -0.487 e. The number of aromatic nitrogens is 1. The Labute approximate surface area is 284 Å². The maximum atomic E-state index is 13.9. The molecule has 11 heteroatoms. The smallest absolute Gasteiger partial charge is 0.338 e. The van der Waals surface area contributed by atoms with Crippen molar-refractivity contribution in [2.24, 2.45) is 4.99 Å². The molecule has 0 fully saturated rings. The first kappa shape index (κ1) is 31.2. The zero-order valence-corrected chi connectivity index (χ0v) is 29.4. The topological polar surface area (TPSA) is 69.9 Å². The number of aryl methyl sites for hydroxylation is 1. The lowest BCUT2D eigenvalue weighted by Crippen LogP contribution is -2.39. The van der Waals surface area contributed by atoms with Gasteiger partial charge in [-0.05, 0) is 107 Å². The molecular formula is C31H24Cl2I2N2O4S. The first-order valence-corrected chi connectivity index (χ1v) is 16.6. The summed E-state index contributed by atoms with van der Waals surface area (Å²) in [6, 6.07) is 16.4. The minimum absolute atomic E-state index is 0.221. The van der Waals surface area contributed by atoms with E-state index in [9.17, 15) is 9.59 Å². The average molecular weight is 845 g/mol. The fourth-order valence-electron chi connectivity index (χ4n) is 4.60. The summed E-state index contributed by atoms with van der Waals surface area (Å²) in [6.07, 6.45) is 1.85. The van der Waals surface area contributed by atoms with E-state index in [2.05, 4.69) is 50.2 Å². The molecule has 1 atom stereocenters. The van der Waals surface area contributed by atoms with Crippen molar-refractivity contribution in [2.75, 3.05) is 6.61 Å². The van der Waals surface area contributed by atoms with Crippen molar-refractivity contribution in [1.82, 2.24) is 4.57 Å². The molecule has 0 bridgehead atoms. The number of nitrogens with zero attached hydrogens (tertiary/aromatic N) is 2. The molecule has 0 amide bonds. The van der Waals surface area contributed by atoms with Crippen molar-refractivity contribution in [3.63, 3.8) is 0 Å². The van der Waals surface area contributed by atoms with Crippen molar-refractivity contribution >= 4 is 91.8 Å². The molecule has 1 aliphatic rings. The molecular weight excluding hydrogens is 821 g/mol. The summed E-state index contributed by atoms with van der Waals surface area (Å²) >= 11 is 18.1. The van der Waals surface area contributed by atoms with Crippen molar-refractivity contribution in [3.8, 4) is 5.75 Å². The van der Waals surface area contributed by atoms with Crippen LogP contribution in [-0.4, -0.2) is 17.1 Å². The number of carbonyl (C=O) groups excluding carboxylic acids is 1. The number of fused-ring (bicyclic) bond motifs is 1. The quantitative estimate of drug-likeness (QED) is 0.146. The molecule has 0 N–H and O–H groups in total. The van der Waals surface area contributed by atoms with Crippen LogP contribution in [0.4, 0.5) is 0 Å². The second-order valence-corrected chi connectivity index (χ2v) is 13.7. The summed E-state index contributed by atoms with van der Waals surface area (Å²) in [6.45, 7) is 6.06. The van der Waals surface area contributed by atoms with Gasteiger partial charge < -0.3 is 9.47 Å². The van der Waals surface area contributed by atoms with Crippen LogP contribution in [0.3, 0.4) is 0 Å². The molecule has 42 heavy (non-hydrogen) atoms. The Balaban J connectivity index is 1.54. The largest absolute Gasteiger partial charge is 0.487 e. The summed E-state index contributed by atoms with van der Waals surface area (Å²) in [5, 5.41) is 1.12. The lowest BCUT2D eigenvalue weighted by atomic mass is 9.95. The number of thiazole rings is 1. The second kappa shape index (κ2) is 13.2. The summed E-state index contributed by atoms with van der Waals surface area (Å²) in [5.41, 5.74) is 4.26. The number of halogens is 4. The SMILES string of the molecule is CCOC(=O)C1=C(C)N=c2s/c(=C/c3cc(I)c(OCc4ccc(Cl)cc4Cl)c(I)c3)c(=O)n2[C@@H]1c1ccc(C)cc1. The number of carbonyl (C=O) groups is 1. The van der Waals surface area contributed by atoms with E-state index in [0.29, 0.717) is 37.3 Å². The zero-order chi connectivity index (χ0) is 30.1. The van der Waals surface area contributed by atoms with Crippen LogP contribution in [0.5, 0.6) is 5.75 Å². The first-order chi connectivity index (χ1) is 20.1. The highest BCUT2D eigenvalue weighted by molar-refractivity contribution is 14.1. The molecule has 0 saturated carbocycles. The first-order valence-electron chi connectivity index (χ1n) is 12.9. The number of allylic oxidation sites excluding steroid dienone is 1. The normalized spacial score (nSPS) is 14.9. The Kier molecular flexibility index (Phi) is 9.83. The van der Waals surface area contributed by atoms with E-state index in [1.54, 1.807) is 30.5 Å². The van der Waals surface area contributed by atoms with Crippen LogP contribution in [0.1, 0.15) is 42.1 Å². The van der Waals surface area contributed by atoms with Crippen LogP contribution in [-0.2, 0) is 16.1 Å². The van der Waals surface area contributed by atoms with Crippen LogP contribution < -0.4 is 19.6 Å². The second-order valence-electron chi connectivity index (χ2n) is 9.55. The molecule has 0 radical (unpaired) electrons. The van der Waals surface area contributed by atoms with Crippen LogP contribution in [0.25, 0.3) is 6.08 Å². The van der Waals surface area contributed by atoms with Crippen molar-refractivity contribution in [3.05, 3.63) is 125 Å². The highest BCUT2D eigenvalue weighted by Gasteiger charge is 2.33. The highest BCUT2D eigenvalue weighted by atomic mass is 127. The predicted molar refractivity (Wildman–Crippen MR) is 184 cm³/mol. The maximum Gasteiger partial charge on any atom is 0.338 e. The third-order valence-electron chi connectivity index (χ3n) is 6.62. The Hall–Kier alpha value is -2.19. The molecule has 1 aromatic heterocycles. The van der Waals surface area contributed by atoms with E-state index < -0.39 is 12.0 Å². The third kappa shape index (κ3) is 6.50. The maximum absolute atomic E-state index is 13.9. The van der Waals surface area contributed by atoms with Gasteiger partial charge in [0.05, 0.1) is 35.6 Å². The van der Waals surface area contributed by atoms with E-state index in [1.165, 1.54) is 11.3 Å². The van der Waals surface area contributed by atoms with Gasteiger partial charge in [-0.25, -0.2) is 9.79 Å². The lowest BCUT2D eigenvalue weighted by molar-refractivity contribution is -0.139. The molecule has 0 spiro atoms. The molecule has 2 heterocycles. The number of hydrogen-bond acceptors (Lipinski definition) is 6. The number of ether oxygens (including phenoxy) is 2. The van der Waals surface area contributed by atoms with Gasteiger partial charge in [0.25, 0.3) is 5.56 Å². The minimum atomic E-state index is -0.640. The van der Waals surface area contributed by atoms with Gasteiger partial charge in [-0.3, -0.25) is 9.36 Å². The summed E-state index contributed by atoms with van der Waals surface area (Å²) < 4.78 is 15.4. The molecule has 5 rings (SSSR count). The third-order valence-corrected chi connectivity index (χ3v) is 9.79. The van der Waals surface area contributed by atoms with Gasteiger partial charge in [-0.15, -0.1) is 0 Å². The molecule has 3 aromatic carbocycles. The van der Waals surface area contributed by atoms with Gasteiger partial charge in [0.15, 0.2) is 4.80 Å². The zero-order valence-electron chi connectivity index (χ0n) is 22.7. The van der Waals surface area contributed by atoms with Crippen LogP contribution in [0, 0.1) is 14.1 Å². The summed E-state index contributed by atoms with van der Waals surface area (Å²) in [4.78, 5) is 32.2. The van der Waals surface area contributed by atoms with Gasteiger partial charge >= 0.3 is 5.97 Å². The average Bonchev–Trinajstić information content (AvgIpc) is 3.23. The number of rotatable bonds is 7. The van der Waals surface area contributed by atoms with Gasteiger partial charge in [0.1, 0.15) is 12.4 Å². The Morgan fingerprint density at radius 1 is 1.07 bits per heavy atom. The van der Waals surface area contributed by atoms with E-state index in [0.717, 1.165) is 35.1 Å². The fourth-order valence-corrected chi connectivity index (χ4v) is 8.23. The van der Waals surface area contributed by atoms with Crippen molar-refractivity contribution in [1.29, 1.82) is 0 Å². The molecule has 0 aliphatic carbocycles. The monoisotopic (exact) mass is 844 g/mol. The van der Waals surface area contributed by atoms with Gasteiger partial charge in [0, 0.05) is 15.6 Å². The molecule has 216 valence electrons. The molecule has 1 aliphatic heterocycles. The number of benzene rings is 3. The molecule has 4 aromatic rings. The number of esters is 1. The number of hydrogen-bond donors (Lipinski definition) is 0. The van der Waals surface area contributed by atoms with E-state index in [4.69, 9.17) is 32.7 Å². The van der Waals surface area contributed by atoms with Crippen LogP contribution in [0.15, 0.2) is 75.7 Å². The summed E-state index contributed by atoms with van der Waals surface area (Å²) in [7, 11) is 0. The molecule has 0 saturated heterocycles. The van der Waals surface area contributed by atoms with Gasteiger partial charge in [-0.1, -0.05) is 70.4 Å². The van der Waals surface area contributed by atoms with E-state index in [1.807, 2.05) is 55.5 Å².